The Hall–Kier alpha value is -1.91. The molecule has 1 aromatic rings. The van der Waals surface area contributed by atoms with E-state index in [-0.39, 0.29) is 12.1 Å². The van der Waals surface area contributed by atoms with Gasteiger partial charge >= 0.3 is 6.03 Å². The zero-order chi connectivity index (χ0) is 15.8. The Morgan fingerprint density at radius 3 is 2.10 bits per heavy atom. The van der Waals surface area contributed by atoms with Crippen molar-refractivity contribution in [3.63, 3.8) is 0 Å². The smallest absolute Gasteiger partial charge is 0.319 e. The summed E-state index contributed by atoms with van der Waals surface area (Å²) in [5, 5.41) is 5.73. The molecule has 2 N–H and O–H groups in total. The molecule has 1 aromatic carbocycles. The Morgan fingerprint density at radius 2 is 1.62 bits per heavy atom. The lowest BCUT2D eigenvalue weighted by atomic mass is 10.0. The molecule has 0 fully saturated rings. The Kier molecular flexibility index (Phi) is 6.85. The van der Waals surface area contributed by atoms with E-state index in [1.807, 2.05) is 6.92 Å². The molecule has 5 heteroatoms. The monoisotopic (exact) mass is 294 g/mol. The normalized spacial score (nSPS) is 11.9. The number of ether oxygens (including phenoxy) is 2. The summed E-state index contributed by atoms with van der Waals surface area (Å²) in [7, 11) is 3.15. The quantitative estimate of drug-likeness (QED) is 0.807. The van der Waals surface area contributed by atoms with Crippen LogP contribution >= 0.6 is 0 Å². The van der Waals surface area contributed by atoms with E-state index in [4.69, 9.17) is 9.47 Å². The molecule has 1 rings (SSSR count). The first-order chi connectivity index (χ1) is 9.94. The average molecular weight is 294 g/mol. The second-order valence-corrected chi connectivity index (χ2v) is 5.57. The molecular formula is C16H26N2O3. The summed E-state index contributed by atoms with van der Waals surface area (Å²) in [4.78, 5) is 12.0. The fourth-order valence-corrected chi connectivity index (χ4v) is 1.93. The van der Waals surface area contributed by atoms with Crippen molar-refractivity contribution in [3.8, 4) is 11.5 Å². The van der Waals surface area contributed by atoms with Crippen LogP contribution in [0.1, 0.15) is 33.6 Å². The Bertz CT molecular complexity index is 439. The SMILES string of the molecule is COc1cc(NC(=O)NC(C)CCC(C)C)cc(OC)c1. The molecule has 118 valence electrons. The second-order valence-electron chi connectivity index (χ2n) is 5.57. The molecule has 0 radical (unpaired) electrons. The molecule has 0 aromatic heterocycles. The molecule has 5 nitrogen and oxygen atoms in total. The third kappa shape index (κ3) is 6.38. The number of hydrogen-bond donors (Lipinski definition) is 2. The minimum atomic E-state index is -0.221. The molecule has 0 spiro atoms. The van der Waals surface area contributed by atoms with Crippen LogP contribution in [0.3, 0.4) is 0 Å². The van der Waals surface area contributed by atoms with E-state index in [0.29, 0.717) is 23.1 Å². The van der Waals surface area contributed by atoms with Gasteiger partial charge in [-0.2, -0.15) is 0 Å². The van der Waals surface area contributed by atoms with Crippen LogP contribution in [0.5, 0.6) is 11.5 Å². The van der Waals surface area contributed by atoms with Gasteiger partial charge in [-0.1, -0.05) is 13.8 Å². The molecule has 1 atom stereocenters. The maximum Gasteiger partial charge on any atom is 0.319 e. The molecule has 0 saturated heterocycles. The van der Waals surface area contributed by atoms with E-state index < -0.39 is 0 Å². The predicted molar refractivity (Wildman–Crippen MR) is 85.2 cm³/mol. The Labute approximate surface area is 127 Å². The lowest BCUT2D eigenvalue weighted by Gasteiger charge is -2.16. The van der Waals surface area contributed by atoms with E-state index in [0.717, 1.165) is 12.8 Å². The molecule has 0 aliphatic carbocycles. The topological polar surface area (TPSA) is 59.6 Å². The van der Waals surface area contributed by atoms with Crippen molar-refractivity contribution in [2.75, 3.05) is 19.5 Å². The number of hydrogen-bond acceptors (Lipinski definition) is 3. The highest BCUT2D eigenvalue weighted by atomic mass is 16.5. The highest BCUT2D eigenvalue weighted by molar-refractivity contribution is 5.89. The molecule has 21 heavy (non-hydrogen) atoms. The minimum Gasteiger partial charge on any atom is -0.497 e. The minimum absolute atomic E-state index is 0.139. The van der Waals surface area contributed by atoms with E-state index >= 15 is 0 Å². The first-order valence-corrected chi connectivity index (χ1v) is 7.25. The van der Waals surface area contributed by atoms with Gasteiger partial charge in [-0.05, 0) is 25.7 Å². The summed E-state index contributed by atoms with van der Waals surface area (Å²) in [6.07, 6.45) is 2.06. The lowest BCUT2D eigenvalue weighted by Crippen LogP contribution is -2.36. The summed E-state index contributed by atoms with van der Waals surface area (Å²) >= 11 is 0. The van der Waals surface area contributed by atoms with E-state index in [9.17, 15) is 4.79 Å². The number of methoxy groups -OCH3 is 2. The van der Waals surface area contributed by atoms with Crippen LogP contribution in [-0.4, -0.2) is 26.3 Å². The van der Waals surface area contributed by atoms with Crippen LogP contribution < -0.4 is 20.1 Å². The number of amides is 2. The molecule has 2 amide bonds. The molecular weight excluding hydrogens is 268 g/mol. The third-order valence-electron chi connectivity index (χ3n) is 3.16. The molecule has 0 saturated carbocycles. The number of rotatable bonds is 7. The number of benzene rings is 1. The van der Waals surface area contributed by atoms with Crippen molar-refractivity contribution in [3.05, 3.63) is 18.2 Å². The zero-order valence-corrected chi connectivity index (χ0v) is 13.5. The second kappa shape index (κ2) is 8.39. The number of carbonyl (C=O) groups is 1. The van der Waals surface area contributed by atoms with Crippen molar-refractivity contribution in [1.29, 1.82) is 0 Å². The van der Waals surface area contributed by atoms with Gasteiger partial charge in [0, 0.05) is 29.9 Å². The van der Waals surface area contributed by atoms with E-state index in [2.05, 4.69) is 24.5 Å². The molecule has 0 aliphatic heterocycles. The molecule has 0 aliphatic rings. The van der Waals surface area contributed by atoms with Gasteiger partial charge in [0.05, 0.1) is 14.2 Å². The van der Waals surface area contributed by atoms with Crippen LogP contribution in [0.15, 0.2) is 18.2 Å². The van der Waals surface area contributed by atoms with Crippen molar-refractivity contribution < 1.29 is 14.3 Å². The van der Waals surface area contributed by atoms with E-state index in [1.54, 1.807) is 32.4 Å². The van der Waals surface area contributed by atoms with Crippen molar-refractivity contribution >= 4 is 11.7 Å². The standard InChI is InChI=1S/C16H26N2O3/c1-11(2)6-7-12(3)17-16(19)18-13-8-14(20-4)10-15(9-13)21-5/h8-12H,6-7H2,1-5H3,(H2,17,18,19). The lowest BCUT2D eigenvalue weighted by molar-refractivity contribution is 0.248. The van der Waals surface area contributed by atoms with Crippen LogP contribution in [0, 0.1) is 5.92 Å². The number of anilines is 1. The van der Waals surface area contributed by atoms with Gasteiger partial charge < -0.3 is 20.1 Å². The number of urea groups is 1. The summed E-state index contributed by atoms with van der Waals surface area (Å²) in [5.41, 5.74) is 0.639. The first kappa shape index (κ1) is 17.1. The van der Waals surface area contributed by atoms with Crippen LogP contribution in [-0.2, 0) is 0 Å². The van der Waals surface area contributed by atoms with Crippen molar-refractivity contribution in [1.82, 2.24) is 5.32 Å². The number of carbonyl (C=O) groups excluding carboxylic acids is 1. The fourth-order valence-electron chi connectivity index (χ4n) is 1.93. The maximum atomic E-state index is 12.0. The van der Waals surface area contributed by atoms with Gasteiger partial charge in [-0.25, -0.2) is 4.79 Å². The van der Waals surface area contributed by atoms with Crippen molar-refractivity contribution in [2.24, 2.45) is 5.92 Å². The van der Waals surface area contributed by atoms with Crippen LogP contribution in [0.2, 0.25) is 0 Å². The van der Waals surface area contributed by atoms with Gasteiger partial charge in [0.2, 0.25) is 0 Å². The van der Waals surface area contributed by atoms with Gasteiger partial charge in [0.1, 0.15) is 11.5 Å². The number of nitrogens with one attached hydrogen (secondary N) is 2. The highest BCUT2D eigenvalue weighted by Crippen LogP contribution is 2.25. The Morgan fingerprint density at radius 1 is 1.05 bits per heavy atom. The largest absolute Gasteiger partial charge is 0.497 e. The van der Waals surface area contributed by atoms with Gasteiger partial charge in [-0.15, -0.1) is 0 Å². The summed E-state index contributed by atoms with van der Waals surface area (Å²) in [6, 6.07) is 5.18. The first-order valence-electron chi connectivity index (χ1n) is 7.25. The third-order valence-corrected chi connectivity index (χ3v) is 3.16. The zero-order valence-electron chi connectivity index (χ0n) is 13.5. The molecule has 0 heterocycles. The van der Waals surface area contributed by atoms with Gasteiger partial charge in [-0.3, -0.25) is 0 Å². The van der Waals surface area contributed by atoms with Gasteiger partial charge in [0.15, 0.2) is 0 Å². The fraction of sp³-hybridized carbons (Fsp3) is 0.562. The van der Waals surface area contributed by atoms with Crippen LogP contribution in [0.4, 0.5) is 10.5 Å². The van der Waals surface area contributed by atoms with Crippen molar-refractivity contribution in [2.45, 2.75) is 39.7 Å². The van der Waals surface area contributed by atoms with E-state index in [1.165, 1.54) is 0 Å². The summed E-state index contributed by atoms with van der Waals surface area (Å²) < 4.78 is 10.3. The van der Waals surface area contributed by atoms with Gasteiger partial charge in [0.25, 0.3) is 0 Å². The summed E-state index contributed by atoms with van der Waals surface area (Å²) in [6.45, 7) is 6.36. The summed E-state index contributed by atoms with van der Waals surface area (Å²) in [5.74, 6) is 1.91. The Balaban J connectivity index is 2.57. The molecule has 1 unspecified atom stereocenters. The average Bonchev–Trinajstić information content (AvgIpc) is 2.44. The van der Waals surface area contributed by atoms with Crippen LogP contribution in [0.25, 0.3) is 0 Å². The predicted octanol–water partition coefficient (Wildman–Crippen LogP) is 3.65. The molecule has 0 bridgehead atoms. The maximum absolute atomic E-state index is 12.0. The highest BCUT2D eigenvalue weighted by Gasteiger charge is 2.09.